The summed E-state index contributed by atoms with van der Waals surface area (Å²) >= 11 is 0. The van der Waals surface area contributed by atoms with Crippen LogP contribution in [0, 0.1) is 11.3 Å². The summed E-state index contributed by atoms with van der Waals surface area (Å²) in [5, 5.41) is 15.5. The zero-order valence-corrected chi connectivity index (χ0v) is 12.1. The van der Waals surface area contributed by atoms with Crippen molar-refractivity contribution in [3.05, 3.63) is 65.7 Å². The first-order valence-electron chi connectivity index (χ1n) is 6.87. The van der Waals surface area contributed by atoms with E-state index in [1.54, 1.807) is 30.3 Å². The van der Waals surface area contributed by atoms with Gasteiger partial charge in [0.2, 0.25) is 0 Å². The number of anilines is 2. The molecule has 0 amide bonds. The van der Waals surface area contributed by atoms with Crippen molar-refractivity contribution in [1.29, 1.82) is 5.26 Å². The van der Waals surface area contributed by atoms with Gasteiger partial charge in [-0.2, -0.15) is 18.4 Å². The Morgan fingerprint density at radius 3 is 2.58 bits per heavy atom. The molecule has 0 aliphatic carbocycles. The molecule has 0 radical (unpaired) electrons. The molecule has 0 bridgehead atoms. The van der Waals surface area contributed by atoms with Gasteiger partial charge in [-0.3, -0.25) is 0 Å². The Balaban J connectivity index is 1.83. The minimum absolute atomic E-state index is 0.246. The summed E-state index contributed by atoms with van der Waals surface area (Å²) in [6.45, 7) is 0. The molecule has 3 aromatic rings. The summed E-state index contributed by atoms with van der Waals surface area (Å²) in [4.78, 5) is 0. The molecule has 1 aromatic heterocycles. The molecule has 0 atom stereocenters. The van der Waals surface area contributed by atoms with Crippen LogP contribution >= 0.6 is 0 Å². The topological polar surface area (TPSA) is 61.9 Å². The normalized spacial score (nSPS) is 11.1. The Morgan fingerprint density at radius 2 is 1.83 bits per heavy atom. The largest absolute Gasteiger partial charge is 0.416 e. The lowest BCUT2D eigenvalue weighted by molar-refractivity contribution is -0.137. The fourth-order valence-corrected chi connectivity index (χ4v) is 2.13. The second kappa shape index (κ2) is 6.08. The molecule has 2 aromatic carbocycles. The predicted octanol–water partition coefficient (Wildman–Crippen LogP) is 4.98. The van der Waals surface area contributed by atoms with Crippen molar-refractivity contribution in [2.75, 3.05) is 5.32 Å². The van der Waals surface area contributed by atoms with E-state index in [1.165, 1.54) is 12.1 Å². The van der Waals surface area contributed by atoms with E-state index in [0.29, 0.717) is 16.9 Å². The van der Waals surface area contributed by atoms with Gasteiger partial charge in [0.1, 0.15) is 0 Å². The maximum Gasteiger partial charge on any atom is 0.416 e. The number of rotatable bonds is 3. The second-order valence-electron chi connectivity index (χ2n) is 4.97. The zero-order valence-electron chi connectivity index (χ0n) is 12.1. The SMILES string of the molecule is N#Cc1cccc(-c2cc(Nc3cccc(C(F)(F)F)c3)no2)c1. The smallest absolute Gasteiger partial charge is 0.354 e. The lowest BCUT2D eigenvalue weighted by Gasteiger charge is -2.08. The molecular weight excluding hydrogens is 319 g/mol. The van der Waals surface area contributed by atoms with Crippen LogP contribution in [0.5, 0.6) is 0 Å². The molecular formula is C17H10F3N3O. The molecule has 0 saturated carbocycles. The first-order chi connectivity index (χ1) is 11.5. The third kappa shape index (κ3) is 3.38. The van der Waals surface area contributed by atoms with E-state index in [1.807, 2.05) is 6.07 Å². The Morgan fingerprint density at radius 1 is 1.04 bits per heavy atom. The van der Waals surface area contributed by atoms with Crippen molar-refractivity contribution in [2.45, 2.75) is 6.18 Å². The van der Waals surface area contributed by atoms with Crippen molar-refractivity contribution in [1.82, 2.24) is 5.16 Å². The monoisotopic (exact) mass is 329 g/mol. The predicted molar refractivity (Wildman–Crippen MR) is 81.4 cm³/mol. The fraction of sp³-hybridized carbons (Fsp3) is 0.0588. The van der Waals surface area contributed by atoms with Crippen molar-refractivity contribution in [3.8, 4) is 17.4 Å². The molecule has 1 N–H and O–H groups in total. The van der Waals surface area contributed by atoms with Gasteiger partial charge in [0.05, 0.1) is 17.2 Å². The van der Waals surface area contributed by atoms with E-state index in [9.17, 15) is 13.2 Å². The molecule has 0 aliphatic rings. The number of hydrogen-bond donors (Lipinski definition) is 1. The summed E-state index contributed by atoms with van der Waals surface area (Å²) in [6, 6.07) is 15.1. The van der Waals surface area contributed by atoms with Crippen LogP contribution in [0.3, 0.4) is 0 Å². The summed E-state index contributed by atoms with van der Waals surface area (Å²) < 4.78 is 43.3. The van der Waals surface area contributed by atoms with Crippen LogP contribution in [0.1, 0.15) is 11.1 Å². The molecule has 120 valence electrons. The van der Waals surface area contributed by atoms with Gasteiger partial charge < -0.3 is 9.84 Å². The average Bonchev–Trinajstić information content (AvgIpc) is 3.03. The number of aromatic nitrogens is 1. The van der Waals surface area contributed by atoms with Crippen LogP contribution in [-0.4, -0.2) is 5.16 Å². The van der Waals surface area contributed by atoms with Gasteiger partial charge in [0.25, 0.3) is 0 Å². The van der Waals surface area contributed by atoms with Gasteiger partial charge in [-0.15, -0.1) is 0 Å². The Bertz CT molecular complexity index is 910. The Kier molecular flexibility index (Phi) is 3.96. The van der Waals surface area contributed by atoms with Gasteiger partial charge in [0, 0.05) is 17.3 Å². The minimum Gasteiger partial charge on any atom is -0.354 e. The minimum atomic E-state index is -4.41. The van der Waals surface area contributed by atoms with Crippen LogP contribution in [0.4, 0.5) is 24.7 Å². The first kappa shape index (κ1) is 15.6. The molecule has 24 heavy (non-hydrogen) atoms. The van der Waals surface area contributed by atoms with Crippen molar-refractivity contribution >= 4 is 11.5 Å². The number of nitrogens with zero attached hydrogens (tertiary/aromatic N) is 2. The van der Waals surface area contributed by atoms with Gasteiger partial charge >= 0.3 is 6.18 Å². The number of hydrogen-bond acceptors (Lipinski definition) is 4. The maximum atomic E-state index is 12.7. The zero-order chi connectivity index (χ0) is 17.2. The van der Waals surface area contributed by atoms with E-state index in [0.717, 1.165) is 12.1 Å². The standard InChI is InChI=1S/C17H10F3N3O/c18-17(19,20)13-5-2-6-14(8-13)22-16-9-15(24-23-16)12-4-1-3-11(7-12)10-21/h1-9H,(H,22,23). The van der Waals surface area contributed by atoms with Gasteiger partial charge in [0.15, 0.2) is 11.6 Å². The summed E-state index contributed by atoms with van der Waals surface area (Å²) in [5.41, 5.74) is 0.614. The van der Waals surface area contributed by atoms with Crippen LogP contribution in [0.2, 0.25) is 0 Å². The van der Waals surface area contributed by atoms with Crippen LogP contribution in [0.15, 0.2) is 59.1 Å². The Labute approximate surface area is 135 Å². The van der Waals surface area contributed by atoms with E-state index < -0.39 is 11.7 Å². The molecule has 7 heteroatoms. The molecule has 4 nitrogen and oxygen atoms in total. The van der Waals surface area contributed by atoms with Crippen LogP contribution < -0.4 is 5.32 Å². The summed E-state index contributed by atoms with van der Waals surface area (Å²) in [7, 11) is 0. The lowest BCUT2D eigenvalue weighted by atomic mass is 10.1. The molecule has 0 saturated heterocycles. The maximum absolute atomic E-state index is 12.7. The van der Waals surface area contributed by atoms with Crippen LogP contribution in [-0.2, 0) is 6.18 Å². The molecule has 0 fully saturated rings. The number of nitriles is 1. The number of halogens is 3. The molecule has 1 heterocycles. The highest BCUT2D eigenvalue weighted by Gasteiger charge is 2.30. The number of alkyl halides is 3. The number of benzene rings is 2. The third-order valence-corrected chi connectivity index (χ3v) is 3.25. The highest BCUT2D eigenvalue weighted by molar-refractivity contribution is 5.65. The second-order valence-corrected chi connectivity index (χ2v) is 4.97. The van der Waals surface area contributed by atoms with E-state index in [-0.39, 0.29) is 11.5 Å². The van der Waals surface area contributed by atoms with Crippen molar-refractivity contribution in [3.63, 3.8) is 0 Å². The van der Waals surface area contributed by atoms with Crippen molar-refractivity contribution in [2.24, 2.45) is 0 Å². The van der Waals surface area contributed by atoms with Gasteiger partial charge in [-0.25, -0.2) is 0 Å². The van der Waals surface area contributed by atoms with E-state index >= 15 is 0 Å². The quantitative estimate of drug-likeness (QED) is 0.736. The summed E-state index contributed by atoms with van der Waals surface area (Å²) in [6.07, 6.45) is -4.41. The van der Waals surface area contributed by atoms with E-state index in [4.69, 9.17) is 9.78 Å². The average molecular weight is 329 g/mol. The molecule has 0 unspecified atom stereocenters. The van der Waals surface area contributed by atoms with Gasteiger partial charge in [-0.05, 0) is 30.3 Å². The Hall–Kier alpha value is -3.27. The first-order valence-corrected chi connectivity index (χ1v) is 6.87. The van der Waals surface area contributed by atoms with Crippen molar-refractivity contribution < 1.29 is 17.7 Å². The molecule has 0 spiro atoms. The summed E-state index contributed by atoms with van der Waals surface area (Å²) in [5.74, 6) is 0.674. The van der Waals surface area contributed by atoms with Crippen LogP contribution in [0.25, 0.3) is 11.3 Å². The van der Waals surface area contributed by atoms with E-state index in [2.05, 4.69) is 10.5 Å². The van der Waals surface area contributed by atoms with Gasteiger partial charge in [-0.1, -0.05) is 23.4 Å². The number of nitrogens with one attached hydrogen (secondary N) is 1. The molecule has 0 aliphatic heterocycles. The lowest BCUT2D eigenvalue weighted by Crippen LogP contribution is -2.05. The highest BCUT2D eigenvalue weighted by Crippen LogP contribution is 2.32. The fourth-order valence-electron chi connectivity index (χ4n) is 2.13. The third-order valence-electron chi connectivity index (χ3n) is 3.25. The highest BCUT2D eigenvalue weighted by atomic mass is 19.4. The molecule has 3 rings (SSSR count).